The van der Waals surface area contributed by atoms with Gasteiger partial charge in [0.15, 0.2) is 0 Å². The maximum Gasteiger partial charge on any atom is 0.0499 e. The highest BCUT2D eigenvalue weighted by Crippen LogP contribution is 2.23. The van der Waals surface area contributed by atoms with Crippen molar-refractivity contribution in [2.45, 2.75) is 0 Å². The molecule has 0 bridgehead atoms. The molecule has 2 rings (SSSR count). The lowest BCUT2D eigenvalue weighted by molar-refractivity contribution is 1.36. The Balaban J connectivity index is 0.000000720. The van der Waals surface area contributed by atoms with Crippen LogP contribution in [-0.2, 0) is 0 Å². The molecule has 0 aliphatic heterocycles. The monoisotopic (exact) mass is 200 g/mol. The number of hydrogen-bond acceptors (Lipinski definition) is 3. The van der Waals surface area contributed by atoms with Crippen molar-refractivity contribution in [3.05, 3.63) is 29.6 Å². The number of anilines is 1. The van der Waals surface area contributed by atoms with E-state index in [0.717, 1.165) is 5.69 Å². The minimum absolute atomic E-state index is 0. The van der Waals surface area contributed by atoms with Crippen LogP contribution in [0.15, 0.2) is 29.6 Å². The predicted octanol–water partition coefficient (Wildman–Crippen LogP) is 2.61. The fourth-order valence-corrected chi connectivity index (χ4v) is 1.87. The van der Waals surface area contributed by atoms with Gasteiger partial charge in [-0.1, -0.05) is 6.07 Å². The van der Waals surface area contributed by atoms with E-state index in [4.69, 9.17) is 5.84 Å². The Bertz CT molecular complexity index is 372. The van der Waals surface area contributed by atoms with Gasteiger partial charge in [-0.25, -0.2) is 0 Å². The van der Waals surface area contributed by atoms with Crippen molar-refractivity contribution < 1.29 is 0 Å². The Morgan fingerprint density at radius 1 is 1.25 bits per heavy atom. The minimum Gasteiger partial charge on any atom is -0.324 e. The first-order chi connectivity index (χ1) is 5.40. The van der Waals surface area contributed by atoms with Crippen LogP contribution < -0.4 is 11.3 Å². The summed E-state index contributed by atoms with van der Waals surface area (Å²) in [5, 5.41) is 3.35. The number of benzene rings is 1. The van der Waals surface area contributed by atoms with Crippen molar-refractivity contribution in [1.82, 2.24) is 0 Å². The summed E-state index contributed by atoms with van der Waals surface area (Å²) >= 11 is 1.72. The zero-order chi connectivity index (χ0) is 7.68. The SMILES string of the molecule is Cl.NNc1ccc2ccsc2c1. The first-order valence-electron chi connectivity index (χ1n) is 3.34. The van der Waals surface area contributed by atoms with Crippen LogP contribution in [0.1, 0.15) is 0 Å². The maximum atomic E-state index is 5.26. The van der Waals surface area contributed by atoms with Crippen molar-refractivity contribution in [3.63, 3.8) is 0 Å². The summed E-state index contributed by atoms with van der Waals surface area (Å²) in [7, 11) is 0. The molecule has 64 valence electrons. The number of halogens is 1. The highest BCUT2D eigenvalue weighted by atomic mass is 35.5. The molecule has 1 aromatic carbocycles. The number of thiophene rings is 1. The molecule has 0 radical (unpaired) electrons. The maximum absolute atomic E-state index is 5.26. The van der Waals surface area contributed by atoms with E-state index in [0.29, 0.717) is 0 Å². The van der Waals surface area contributed by atoms with Crippen LogP contribution >= 0.6 is 23.7 Å². The van der Waals surface area contributed by atoms with Crippen LogP contribution in [0, 0.1) is 0 Å². The molecule has 4 heteroatoms. The number of nitrogen functional groups attached to an aromatic ring is 1. The topological polar surface area (TPSA) is 38.0 Å². The van der Waals surface area contributed by atoms with Crippen LogP contribution in [0.5, 0.6) is 0 Å². The van der Waals surface area contributed by atoms with Crippen molar-refractivity contribution in [1.29, 1.82) is 0 Å². The molecule has 0 unspecified atom stereocenters. The average Bonchev–Trinajstić information content (AvgIpc) is 2.50. The molecule has 1 heterocycles. The molecule has 0 aliphatic carbocycles. The molecule has 0 atom stereocenters. The average molecular weight is 201 g/mol. The second-order valence-corrected chi connectivity index (χ2v) is 3.27. The van der Waals surface area contributed by atoms with Gasteiger partial charge in [-0.05, 0) is 29.0 Å². The summed E-state index contributed by atoms with van der Waals surface area (Å²) in [6.07, 6.45) is 0. The zero-order valence-electron chi connectivity index (χ0n) is 6.28. The van der Waals surface area contributed by atoms with Gasteiger partial charge in [0.2, 0.25) is 0 Å². The smallest absolute Gasteiger partial charge is 0.0499 e. The summed E-state index contributed by atoms with van der Waals surface area (Å²) in [5.74, 6) is 5.26. The van der Waals surface area contributed by atoms with Crippen LogP contribution in [0.4, 0.5) is 5.69 Å². The lowest BCUT2D eigenvalue weighted by Gasteiger charge is -1.97. The van der Waals surface area contributed by atoms with Gasteiger partial charge in [-0.15, -0.1) is 23.7 Å². The number of nitrogens with one attached hydrogen (secondary N) is 1. The fraction of sp³-hybridized carbons (Fsp3) is 0. The normalized spacial score (nSPS) is 9.42. The van der Waals surface area contributed by atoms with Crippen molar-refractivity contribution in [2.24, 2.45) is 5.84 Å². The summed E-state index contributed by atoms with van der Waals surface area (Å²) in [6, 6.07) is 8.16. The van der Waals surface area contributed by atoms with Crippen molar-refractivity contribution in [3.8, 4) is 0 Å². The van der Waals surface area contributed by atoms with Crippen LogP contribution in [0.25, 0.3) is 10.1 Å². The Morgan fingerprint density at radius 3 is 2.83 bits per heavy atom. The number of fused-ring (bicyclic) bond motifs is 1. The molecule has 0 saturated carbocycles. The second-order valence-electron chi connectivity index (χ2n) is 2.32. The fourth-order valence-electron chi connectivity index (χ4n) is 1.04. The zero-order valence-corrected chi connectivity index (χ0v) is 7.91. The molecule has 0 fully saturated rings. The van der Waals surface area contributed by atoms with Gasteiger partial charge in [0, 0.05) is 10.4 Å². The van der Waals surface area contributed by atoms with Crippen molar-refractivity contribution >= 4 is 39.5 Å². The first kappa shape index (κ1) is 9.32. The number of rotatable bonds is 1. The summed E-state index contributed by atoms with van der Waals surface area (Å²) in [4.78, 5) is 0. The number of hydrogen-bond donors (Lipinski definition) is 2. The van der Waals surface area contributed by atoms with E-state index >= 15 is 0 Å². The van der Waals surface area contributed by atoms with Crippen molar-refractivity contribution in [2.75, 3.05) is 5.43 Å². The van der Waals surface area contributed by atoms with Gasteiger partial charge in [0.25, 0.3) is 0 Å². The van der Waals surface area contributed by atoms with Gasteiger partial charge in [0.1, 0.15) is 0 Å². The molecule has 2 aromatic rings. The molecule has 12 heavy (non-hydrogen) atoms. The van der Waals surface area contributed by atoms with E-state index in [1.807, 2.05) is 12.1 Å². The first-order valence-corrected chi connectivity index (χ1v) is 4.22. The lowest BCUT2D eigenvalue weighted by Crippen LogP contribution is -2.05. The van der Waals surface area contributed by atoms with Gasteiger partial charge in [-0.2, -0.15) is 0 Å². The molecule has 0 amide bonds. The number of hydrazine groups is 1. The van der Waals surface area contributed by atoms with E-state index in [2.05, 4.69) is 22.9 Å². The van der Waals surface area contributed by atoms with Gasteiger partial charge in [0.05, 0.1) is 0 Å². The molecular weight excluding hydrogens is 192 g/mol. The summed E-state index contributed by atoms with van der Waals surface area (Å²) in [5.41, 5.74) is 3.57. The highest BCUT2D eigenvalue weighted by Gasteiger charge is 1.94. The lowest BCUT2D eigenvalue weighted by atomic mass is 10.2. The van der Waals surface area contributed by atoms with Crippen LogP contribution in [-0.4, -0.2) is 0 Å². The second kappa shape index (κ2) is 3.76. The third kappa shape index (κ3) is 1.53. The molecule has 1 aromatic heterocycles. The van der Waals surface area contributed by atoms with E-state index < -0.39 is 0 Å². The third-order valence-electron chi connectivity index (χ3n) is 1.62. The van der Waals surface area contributed by atoms with E-state index in [1.54, 1.807) is 11.3 Å². The Morgan fingerprint density at radius 2 is 2.08 bits per heavy atom. The molecule has 0 aliphatic rings. The van der Waals surface area contributed by atoms with E-state index in [9.17, 15) is 0 Å². The minimum atomic E-state index is 0. The summed E-state index contributed by atoms with van der Waals surface area (Å²) < 4.78 is 1.26. The molecule has 3 N–H and O–H groups in total. The predicted molar refractivity (Wildman–Crippen MR) is 56.9 cm³/mol. The Labute approximate surface area is 80.8 Å². The largest absolute Gasteiger partial charge is 0.324 e. The standard InChI is InChI=1S/C8H8N2S.ClH/c9-10-7-2-1-6-3-4-11-8(6)5-7;/h1-5,10H,9H2;1H. The quantitative estimate of drug-likeness (QED) is 0.549. The third-order valence-corrected chi connectivity index (χ3v) is 2.50. The van der Waals surface area contributed by atoms with E-state index in [-0.39, 0.29) is 12.4 Å². The summed E-state index contributed by atoms with van der Waals surface area (Å²) in [6.45, 7) is 0. The van der Waals surface area contributed by atoms with Gasteiger partial charge in [-0.3, -0.25) is 5.84 Å². The molecule has 2 nitrogen and oxygen atoms in total. The molecular formula is C8H9ClN2S. The van der Waals surface area contributed by atoms with E-state index in [1.165, 1.54) is 10.1 Å². The highest BCUT2D eigenvalue weighted by molar-refractivity contribution is 7.17. The molecule has 0 spiro atoms. The Hall–Kier alpha value is -0.770. The van der Waals surface area contributed by atoms with Gasteiger partial charge < -0.3 is 5.43 Å². The van der Waals surface area contributed by atoms with Gasteiger partial charge >= 0.3 is 0 Å². The van der Waals surface area contributed by atoms with Crippen LogP contribution in [0.2, 0.25) is 0 Å². The van der Waals surface area contributed by atoms with Crippen LogP contribution in [0.3, 0.4) is 0 Å². The Kier molecular flexibility index (Phi) is 2.92. The molecule has 0 saturated heterocycles. The number of nitrogens with two attached hydrogens (primary N) is 1.